The highest BCUT2D eigenvalue weighted by Crippen LogP contribution is 2.21. The van der Waals surface area contributed by atoms with Crippen molar-refractivity contribution in [2.24, 2.45) is 0 Å². The third-order valence-corrected chi connectivity index (χ3v) is 2.31. The molecule has 4 nitrogen and oxygen atoms in total. The molecule has 0 aliphatic rings. The lowest BCUT2D eigenvalue weighted by atomic mass is 10.2. The first-order valence-electron chi connectivity index (χ1n) is 5.36. The summed E-state index contributed by atoms with van der Waals surface area (Å²) in [5.41, 5.74) is 1.00. The van der Waals surface area contributed by atoms with Gasteiger partial charge < -0.3 is 9.84 Å². The lowest BCUT2D eigenvalue weighted by Gasteiger charge is -2.10. The quantitative estimate of drug-likeness (QED) is 0.815. The van der Waals surface area contributed by atoms with Crippen molar-refractivity contribution < 1.29 is 14.6 Å². The van der Waals surface area contributed by atoms with Crippen molar-refractivity contribution in [1.82, 2.24) is 4.98 Å². The van der Waals surface area contributed by atoms with Crippen LogP contribution in [0.5, 0.6) is 5.75 Å². The van der Waals surface area contributed by atoms with Gasteiger partial charge in [0.05, 0.1) is 11.6 Å². The molecule has 1 aromatic carbocycles. The number of hydrogen-bond acceptors (Lipinski definition) is 4. The van der Waals surface area contributed by atoms with Gasteiger partial charge in [-0.15, -0.1) is 0 Å². The molecular formula is C13H13NO3. The van der Waals surface area contributed by atoms with Gasteiger partial charge in [-0.05, 0) is 19.1 Å². The summed E-state index contributed by atoms with van der Waals surface area (Å²) in [5.74, 6) is 0.402. The Labute approximate surface area is 98.9 Å². The van der Waals surface area contributed by atoms with E-state index in [1.807, 2.05) is 24.3 Å². The SMILES string of the molecule is CC(O)COc1cc2ccccc2nc1C=O. The van der Waals surface area contributed by atoms with E-state index >= 15 is 0 Å². The number of aromatic nitrogens is 1. The first-order valence-corrected chi connectivity index (χ1v) is 5.36. The molecule has 1 N–H and O–H groups in total. The van der Waals surface area contributed by atoms with Gasteiger partial charge in [-0.25, -0.2) is 4.98 Å². The van der Waals surface area contributed by atoms with Gasteiger partial charge in [0, 0.05) is 5.39 Å². The molecule has 0 fully saturated rings. The summed E-state index contributed by atoms with van der Waals surface area (Å²) in [6.45, 7) is 1.76. The molecule has 0 bridgehead atoms. The number of rotatable bonds is 4. The number of pyridine rings is 1. The van der Waals surface area contributed by atoms with E-state index in [0.29, 0.717) is 12.0 Å². The summed E-state index contributed by atoms with van der Waals surface area (Å²) < 4.78 is 5.35. The Hall–Kier alpha value is -1.94. The number of nitrogens with zero attached hydrogens (tertiary/aromatic N) is 1. The predicted molar refractivity (Wildman–Crippen MR) is 64.3 cm³/mol. The van der Waals surface area contributed by atoms with Gasteiger partial charge in [0.1, 0.15) is 18.1 Å². The third-order valence-electron chi connectivity index (χ3n) is 2.31. The summed E-state index contributed by atoms with van der Waals surface area (Å²) in [5, 5.41) is 10.1. The number of aliphatic hydroxyl groups excluding tert-OH is 1. The maximum absolute atomic E-state index is 10.9. The highest BCUT2D eigenvalue weighted by Gasteiger charge is 2.08. The Bertz CT molecular complexity index is 537. The Morgan fingerprint density at radius 3 is 2.94 bits per heavy atom. The molecule has 0 spiro atoms. The van der Waals surface area contributed by atoms with E-state index in [4.69, 9.17) is 9.84 Å². The van der Waals surface area contributed by atoms with Crippen molar-refractivity contribution in [2.75, 3.05) is 6.61 Å². The van der Waals surface area contributed by atoms with E-state index in [9.17, 15) is 4.79 Å². The minimum Gasteiger partial charge on any atom is -0.488 e. The standard InChI is InChI=1S/C13H13NO3/c1-9(16)8-17-13-6-10-4-2-3-5-11(10)14-12(13)7-15/h2-7,9,16H,8H2,1H3. The lowest BCUT2D eigenvalue weighted by molar-refractivity contribution is 0.109. The number of fused-ring (bicyclic) bond motifs is 1. The lowest BCUT2D eigenvalue weighted by Crippen LogP contribution is -2.14. The van der Waals surface area contributed by atoms with E-state index in [2.05, 4.69) is 4.98 Å². The highest BCUT2D eigenvalue weighted by atomic mass is 16.5. The first kappa shape index (κ1) is 11.5. The van der Waals surface area contributed by atoms with E-state index in [0.717, 1.165) is 10.9 Å². The number of para-hydroxylation sites is 1. The smallest absolute Gasteiger partial charge is 0.172 e. The van der Waals surface area contributed by atoms with Crippen LogP contribution in [-0.2, 0) is 0 Å². The molecule has 1 aromatic heterocycles. The molecule has 1 unspecified atom stereocenters. The van der Waals surface area contributed by atoms with Crippen LogP contribution in [0.3, 0.4) is 0 Å². The number of aldehydes is 1. The van der Waals surface area contributed by atoms with Crippen LogP contribution < -0.4 is 4.74 Å². The average molecular weight is 231 g/mol. The number of hydrogen-bond donors (Lipinski definition) is 1. The van der Waals surface area contributed by atoms with Crippen molar-refractivity contribution in [3.8, 4) is 5.75 Å². The van der Waals surface area contributed by atoms with Crippen LogP contribution in [0.4, 0.5) is 0 Å². The van der Waals surface area contributed by atoms with Gasteiger partial charge >= 0.3 is 0 Å². The monoisotopic (exact) mass is 231 g/mol. The maximum Gasteiger partial charge on any atom is 0.172 e. The van der Waals surface area contributed by atoms with E-state index in [-0.39, 0.29) is 12.3 Å². The molecule has 0 aliphatic heterocycles. The molecule has 0 amide bonds. The topological polar surface area (TPSA) is 59.4 Å². The van der Waals surface area contributed by atoms with Gasteiger partial charge in [0.25, 0.3) is 0 Å². The van der Waals surface area contributed by atoms with Crippen molar-refractivity contribution in [3.63, 3.8) is 0 Å². The first-order chi connectivity index (χ1) is 8.20. The Balaban J connectivity index is 2.42. The van der Waals surface area contributed by atoms with Crippen LogP contribution in [0.25, 0.3) is 10.9 Å². The number of carbonyl (C=O) groups is 1. The van der Waals surface area contributed by atoms with E-state index < -0.39 is 6.10 Å². The van der Waals surface area contributed by atoms with Crippen molar-refractivity contribution in [2.45, 2.75) is 13.0 Å². The fraction of sp³-hybridized carbons (Fsp3) is 0.231. The van der Waals surface area contributed by atoms with Crippen LogP contribution in [0, 0.1) is 0 Å². The van der Waals surface area contributed by atoms with E-state index in [1.54, 1.807) is 13.0 Å². The molecule has 0 radical (unpaired) electrons. The molecule has 1 heterocycles. The summed E-state index contributed by atoms with van der Waals surface area (Å²) in [4.78, 5) is 15.1. The van der Waals surface area contributed by atoms with Crippen LogP contribution in [0.1, 0.15) is 17.4 Å². The normalized spacial score (nSPS) is 12.4. The average Bonchev–Trinajstić information content (AvgIpc) is 2.35. The van der Waals surface area contributed by atoms with Crippen molar-refractivity contribution >= 4 is 17.2 Å². The second kappa shape index (κ2) is 4.93. The zero-order valence-corrected chi connectivity index (χ0v) is 9.46. The third kappa shape index (κ3) is 2.60. The predicted octanol–water partition coefficient (Wildman–Crippen LogP) is 1.81. The Kier molecular flexibility index (Phi) is 3.35. The van der Waals surface area contributed by atoms with Gasteiger partial charge in [-0.3, -0.25) is 4.79 Å². The zero-order chi connectivity index (χ0) is 12.3. The molecule has 4 heteroatoms. The van der Waals surface area contributed by atoms with Gasteiger partial charge in [-0.1, -0.05) is 18.2 Å². The van der Waals surface area contributed by atoms with Crippen LogP contribution in [0.2, 0.25) is 0 Å². The summed E-state index contributed by atoms with van der Waals surface area (Å²) in [6, 6.07) is 9.24. The molecule has 88 valence electrons. The Morgan fingerprint density at radius 1 is 1.47 bits per heavy atom. The number of aliphatic hydroxyl groups is 1. The second-order valence-electron chi connectivity index (χ2n) is 3.84. The number of benzene rings is 1. The molecule has 2 aromatic rings. The Morgan fingerprint density at radius 2 is 2.24 bits per heavy atom. The van der Waals surface area contributed by atoms with Crippen molar-refractivity contribution in [1.29, 1.82) is 0 Å². The summed E-state index contributed by atoms with van der Waals surface area (Å²) >= 11 is 0. The molecule has 0 aliphatic carbocycles. The number of carbonyl (C=O) groups excluding carboxylic acids is 1. The molecule has 17 heavy (non-hydrogen) atoms. The largest absolute Gasteiger partial charge is 0.488 e. The van der Waals surface area contributed by atoms with E-state index in [1.165, 1.54) is 0 Å². The molecule has 1 atom stereocenters. The second-order valence-corrected chi connectivity index (χ2v) is 3.84. The van der Waals surface area contributed by atoms with Crippen molar-refractivity contribution in [3.05, 3.63) is 36.0 Å². The minimum absolute atomic E-state index is 0.140. The fourth-order valence-electron chi connectivity index (χ4n) is 1.52. The summed E-state index contributed by atoms with van der Waals surface area (Å²) in [6.07, 6.45) is 0.0741. The molecule has 2 rings (SSSR count). The highest BCUT2D eigenvalue weighted by molar-refractivity contribution is 5.86. The maximum atomic E-state index is 10.9. The van der Waals surface area contributed by atoms with Crippen LogP contribution in [-0.4, -0.2) is 29.1 Å². The fourth-order valence-corrected chi connectivity index (χ4v) is 1.52. The molecule has 0 saturated heterocycles. The number of ether oxygens (including phenoxy) is 1. The van der Waals surface area contributed by atoms with Crippen LogP contribution in [0.15, 0.2) is 30.3 Å². The zero-order valence-electron chi connectivity index (χ0n) is 9.46. The molecular weight excluding hydrogens is 218 g/mol. The summed E-state index contributed by atoms with van der Waals surface area (Å²) in [7, 11) is 0. The van der Waals surface area contributed by atoms with Crippen LogP contribution >= 0.6 is 0 Å². The van der Waals surface area contributed by atoms with Gasteiger partial charge in [0.2, 0.25) is 0 Å². The van der Waals surface area contributed by atoms with Gasteiger partial charge in [0.15, 0.2) is 6.29 Å². The minimum atomic E-state index is -0.582. The molecule has 0 saturated carbocycles. The van der Waals surface area contributed by atoms with Gasteiger partial charge in [-0.2, -0.15) is 0 Å².